The molecule has 1 heterocycles. The molecule has 1 amide bonds. The van der Waals surface area contributed by atoms with Gasteiger partial charge in [0.05, 0.1) is 16.8 Å². The van der Waals surface area contributed by atoms with Crippen molar-refractivity contribution >= 4 is 17.4 Å². The summed E-state index contributed by atoms with van der Waals surface area (Å²) in [5, 5.41) is 2.02. The number of rotatable bonds is 2. The highest BCUT2D eigenvalue weighted by molar-refractivity contribution is 6.05. The van der Waals surface area contributed by atoms with Gasteiger partial charge in [-0.3, -0.25) is 4.79 Å². The predicted octanol–water partition coefficient (Wildman–Crippen LogP) is 3.07. The lowest BCUT2D eigenvalue weighted by molar-refractivity contribution is -0.136. The predicted molar refractivity (Wildman–Crippen MR) is 68.0 cm³/mol. The number of anilines is 2. The van der Waals surface area contributed by atoms with Crippen molar-refractivity contribution in [2.45, 2.75) is 6.18 Å². The average Bonchev–Trinajstić information content (AvgIpc) is 2.41. The van der Waals surface area contributed by atoms with Crippen molar-refractivity contribution in [3.8, 4) is 0 Å². The summed E-state index contributed by atoms with van der Waals surface area (Å²) in [6, 6.07) is 5.42. The van der Waals surface area contributed by atoms with Crippen LogP contribution in [0.1, 0.15) is 15.9 Å². The van der Waals surface area contributed by atoms with Gasteiger partial charge in [0.25, 0.3) is 5.91 Å². The molecule has 8 heteroatoms. The summed E-state index contributed by atoms with van der Waals surface area (Å²) in [4.78, 5) is 15.3. The summed E-state index contributed by atoms with van der Waals surface area (Å²) in [5.41, 5.74) is 3.22. The van der Waals surface area contributed by atoms with Gasteiger partial charge in [0, 0.05) is 6.20 Å². The lowest BCUT2D eigenvalue weighted by Gasteiger charge is -2.13. The minimum atomic E-state index is -4.64. The van der Waals surface area contributed by atoms with Crippen molar-refractivity contribution in [1.82, 2.24) is 4.98 Å². The molecule has 0 atom stereocenters. The number of hydrogen-bond acceptors (Lipinski definition) is 3. The highest BCUT2D eigenvalue weighted by Crippen LogP contribution is 2.34. The molecule has 4 nitrogen and oxygen atoms in total. The number of pyridine rings is 1. The molecule has 2 rings (SSSR count). The van der Waals surface area contributed by atoms with Crippen LogP contribution < -0.4 is 11.1 Å². The first kappa shape index (κ1) is 14.8. The van der Waals surface area contributed by atoms with E-state index in [9.17, 15) is 22.4 Å². The Bertz CT molecular complexity index is 685. The molecule has 0 spiro atoms. The number of para-hydroxylation sites is 1. The van der Waals surface area contributed by atoms with E-state index in [1.807, 2.05) is 5.32 Å². The zero-order valence-electron chi connectivity index (χ0n) is 10.4. The number of halogens is 4. The Kier molecular flexibility index (Phi) is 3.79. The molecule has 0 aliphatic heterocycles. The lowest BCUT2D eigenvalue weighted by atomic mass is 10.1. The van der Waals surface area contributed by atoms with Gasteiger partial charge in [-0.2, -0.15) is 13.2 Å². The maximum absolute atomic E-state index is 13.6. The van der Waals surface area contributed by atoms with E-state index in [4.69, 9.17) is 5.73 Å². The van der Waals surface area contributed by atoms with Crippen molar-refractivity contribution in [2.75, 3.05) is 11.1 Å². The molecule has 3 N–H and O–H groups in total. The maximum Gasteiger partial charge on any atom is 0.418 e. The number of aromatic nitrogens is 1. The molecule has 21 heavy (non-hydrogen) atoms. The monoisotopic (exact) mass is 299 g/mol. The molecule has 0 radical (unpaired) electrons. The van der Waals surface area contributed by atoms with E-state index >= 15 is 0 Å². The van der Waals surface area contributed by atoms with Crippen LogP contribution in [0, 0.1) is 5.82 Å². The van der Waals surface area contributed by atoms with Gasteiger partial charge in [-0.15, -0.1) is 0 Å². The van der Waals surface area contributed by atoms with Gasteiger partial charge >= 0.3 is 6.18 Å². The number of hydrogen-bond donors (Lipinski definition) is 2. The first-order valence-corrected chi connectivity index (χ1v) is 5.68. The molecule has 0 saturated carbocycles. The molecule has 0 unspecified atom stereocenters. The lowest BCUT2D eigenvalue weighted by Crippen LogP contribution is -2.18. The molecule has 0 fully saturated rings. The van der Waals surface area contributed by atoms with E-state index in [0.717, 1.165) is 24.4 Å². The number of nitrogen functional groups attached to an aromatic ring is 1. The number of nitrogens with one attached hydrogen (secondary N) is 1. The second-order valence-electron chi connectivity index (χ2n) is 4.06. The summed E-state index contributed by atoms with van der Waals surface area (Å²) in [7, 11) is 0. The van der Waals surface area contributed by atoms with Gasteiger partial charge in [-0.25, -0.2) is 9.37 Å². The molecule has 0 saturated heterocycles. The summed E-state index contributed by atoms with van der Waals surface area (Å²) < 4.78 is 52.0. The maximum atomic E-state index is 13.6. The smallest absolute Gasteiger partial charge is 0.381 e. The van der Waals surface area contributed by atoms with Crippen LogP contribution in [0.3, 0.4) is 0 Å². The normalized spacial score (nSPS) is 11.2. The van der Waals surface area contributed by atoms with Crippen LogP contribution in [-0.2, 0) is 6.18 Å². The molecular weight excluding hydrogens is 290 g/mol. The van der Waals surface area contributed by atoms with Crippen molar-refractivity contribution in [2.24, 2.45) is 0 Å². The third kappa shape index (κ3) is 3.10. The second kappa shape index (κ2) is 5.39. The van der Waals surface area contributed by atoms with Gasteiger partial charge in [-0.05, 0) is 18.2 Å². The van der Waals surface area contributed by atoms with Crippen molar-refractivity contribution < 1.29 is 22.4 Å². The third-order valence-electron chi connectivity index (χ3n) is 2.64. The van der Waals surface area contributed by atoms with Gasteiger partial charge < -0.3 is 11.1 Å². The minimum absolute atomic E-state index is 0.468. The largest absolute Gasteiger partial charge is 0.418 e. The minimum Gasteiger partial charge on any atom is -0.381 e. The highest BCUT2D eigenvalue weighted by atomic mass is 19.4. The summed E-state index contributed by atoms with van der Waals surface area (Å²) in [6.07, 6.45) is -3.55. The summed E-state index contributed by atoms with van der Waals surface area (Å²) in [6.45, 7) is 0. The van der Waals surface area contributed by atoms with E-state index < -0.39 is 40.5 Å². The Hall–Kier alpha value is -2.64. The first-order valence-electron chi connectivity index (χ1n) is 5.68. The zero-order chi connectivity index (χ0) is 15.6. The zero-order valence-corrected chi connectivity index (χ0v) is 10.4. The number of alkyl halides is 3. The van der Waals surface area contributed by atoms with Crippen LogP contribution >= 0.6 is 0 Å². The molecule has 110 valence electrons. The number of benzene rings is 1. The number of carbonyl (C=O) groups is 1. The SMILES string of the molecule is Nc1nccc(C(=O)Nc2ccccc2C(F)(F)F)c1F. The van der Waals surface area contributed by atoms with E-state index in [0.29, 0.717) is 0 Å². The Balaban J connectivity index is 2.35. The number of carbonyl (C=O) groups excluding carboxylic acids is 1. The first-order chi connectivity index (χ1) is 9.80. The number of nitrogens with zero attached hydrogens (tertiary/aromatic N) is 1. The fraction of sp³-hybridized carbons (Fsp3) is 0.0769. The van der Waals surface area contributed by atoms with Crippen LogP contribution in [0.15, 0.2) is 36.5 Å². The second-order valence-corrected chi connectivity index (χ2v) is 4.06. The Morgan fingerprint density at radius 1 is 1.19 bits per heavy atom. The molecule has 2 aromatic rings. The molecule has 0 aliphatic rings. The Morgan fingerprint density at radius 2 is 1.86 bits per heavy atom. The summed E-state index contributed by atoms with van der Waals surface area (Å²) >= 11 is 0. The van der Waals surface area contributed by atoms with Crippen molar-refractivity contribution in [3.05, 3.63) is 53.5 Å². The van der Waals surface area contributed by atoms with Crippen molar-refractivity contribution in [3.63, 3.8) is 0 Å². The fourth-order valence-corrected chi connectivity index (χ4v) is 1.66. The quantitative estimate of drug-likeness (QED) is 0.837. The van der Waals surface area contributed by atoms with Gasteiger partial charge in [0.1, 0.15) is 0 Å². The van der Waals surface area contributed by atoms with Crippen molar-refractivity contribution in [1.29, 1.82) is 0 Å². The Morgan fingerprint density at radius 3 is 2.52 bits per heavy atom. The number of nitrogens with two attached hydrogens (primary N) is 1. The Labute approximate surface area is 116 Å². The number of amides is 1. The van der Waals surface area contributed by atoms with Gasteiger partial charge in [-0.1, -0.05) is 12.1 Å². The molecular formula is C13H9F4N3O. The summed E-state index contributed by atoms with van der Waals surface area (Å²) in [5.74, 6) is -2.63. The topological polar surface area (TPSA) is 68.0 Å². The van der Waals surface area contributed by atoms with Crippen LogP contribution in [0.5, 0.6) is 0 Å². The van der Waals surface area contributed by atoms with Crippen LogP contribution in [-0.4, -0.2) is 10.9 Å². The van der Waals surface area contributed by atoms with E-state index in [-0.39, 0.29) is 0 Å². The highest BCUT2D eigenvalue weighted by Gasteiger charge is 2.33. The third-order valence-corrected chi connectivity index (χ3v) is 2.64. The van der Waals surface area contributed by atoms with E-state index in [1.165, 1.54) is 12.1 Å². The average molecular weight is 299 g/mol. The molecule has 1 aromatic heterocycles. The molecule has 0 bridgehead atoms. The van der Waals surface area contributed by atoms with E-state index in [1.54, 1.807) is 0 Å². The van der Waals surface area contributed by atoms with Gasteiger partial charge in [0.2, 0.25) is 0 Å². The van der Waals surface area contributed by atoms with Crippen LogP contribution in [0.25, 0.3) is 0 Å². The van der Waals surface area contributed by atoms with Crippen LogP contribution in [0.4, 0.5) is 29.1 Å². The fourth-order valence-electron chi connectivity index (χ4n) is 1.66. The van der Waals surface area contributed by atoms with Crippen LogP contribution in [0.2, 0.25) is 0 Å². The van der Waals surface area contributed by atoms with E-state index in [2.05, 4.69) is 4.98 Å². The molecule has 1 aromatic carbocycles. The van der Waals surface area contributed by atoms with Gasteiger partial charge in [0.15, 0.2) is 11.6 Å². The molecule has 0 aliphatic carbocycles. The standard InChI is InChI=1S/C13H9F4N3O/c14-10-7(5-6-19-11(10)18)12(21)20-9-4-2-1-3-8(9)13(15,16)17/h1-6H,(H2,18,19)(H,20,21).